The Balaban J connectivity index is 2.15. The molecule has 6 nitrogen and oxygen atoms in total. The Morgan fingerprint density at radius 1 is 1.42 bits per heavy atom. The van der Waals surface area contributed by atoms with Crippen molar-refractivity contribution in [2.45, 2.75) is 13.5 Å². The molecule has 0 atom stereocenters. The first-order valence-corrected chi connectivity index (χ1v) is 5.86. The molecule has 2 aromatic rings. The molecule has 0 amide bonds. The van der Waals surface area contributed by atoms with Crippen molar-refractivity contribution in [2.75, 3.05) is 19.1 Å². The van der Waals surface area contributed by atoms with Crippen LogP contribution in [-0.2, 0) is 6.54 Å². The van der Waals surface area contributed by atoms with Gasteiger partial charge in [0, 0.05) is 37.6 Å². The van der Waals surface area contributed by atoms with E-state index in [1.165, 1.54) is 6.07 Å². The first kappa shape index (κ1) is 13.1. The predicted molar refractivity (Wildman–Crippen MR) is 72.5 cm³/mol. The number of methoxy groups -OCH3 is 1. The van der Waals surface area contributed by atoms with Crippen LogP contribution in [0.5, 0.6) is 5.88 Å². The minimum absolute atomic E-state index is 0.151. The van der Waals surface area contributed by atoms with E-state index in [4.69, 9.17) is 4.74 Å². The van der Waals surface area contributed by atoms with Crippen LogP contribution >= 0.6 is 0 Å². The molecule has 0 aliphatic carbocycles. The number of hydrogen-bond acceptors (Lipinski definition) is 5. The molecule has 0 spiro atoms. The van der Waals surface area contributed by atoms with Crippen LogP contribution in [0.25, 0.3) is 0 Å². The maximum absolute atomic E-state index is 11.4. The topological polar surface area (TPSA) is 71.1 Å². The van der Waals surface area contributed by atoms with Gasteiger partial charge in [0.05, 0.1) is 7.11 Å². The number of nitrogens with one attached hydrogen (secondary N) is 1. The highest BCUT2D eigenvalue weighted by atomic mass is 16.5. The number of pyridine rings is 1. The van der Waals surface area contributed by atoms with Crippen LogP contribution in [0.4, 0.5) is 5.95 Å². The molecule has 1 N–H and O–H groups in total. The molecule has 0 radical (unpaired) electrons. The number of anilines is 1. The lowest BCUT2D eigenvalue weighted by Gasteiger charge is -2.17. The Labute approximate surface area is 111 Å². The van der Waals surface area contributed by atoms with Crippen molar-refractivity contribution in [1.29, 1.82) is 0 Å². The Morgan fingerprint density at radius 2 is 2.21 bits per heavy atom. The Hall–Kier alpha value is -2.37. The second-order valence-corrected chi connectivity index (χ2v) is 4.28. The summed E-state index contributed by atoms with van der Waals surface area (Å²) in [6.07, 6.45) is 1.74. The van der Waals surface area contributed by atoms with E-state index in [-0.39, 0.29) is 5.56 Å². The Kier molecular flexibility index (Phi) is 3.79. The SMILES string of the molecule is COc1ccc(CN(C)c2nc(C)cc(=O)[nH]2)cn1. The lowest BCUT2D eigenvalue weighted by molar-refractivity contribution is 0.397. The summed E-state index contributed by atoms with van der Waals surface area (Å²) in [6, 6.07) is 5.19. The minimum atomic E-state index is -0.151. The molecule has 0 bridgehead atoms. The third kappa shape index (κ3) is 3.31. The van der Waals surface area contributed by atoms with Gasteiger partial charge in [-0.1, -0.05) is 6.07 Å². The van der Waals surface area contributed by atoms with Crippen molar-refractivity contribution in [2.24, 2.45) is 0 Å². The van der Waals surface area contributed by atoms with E-state index < -0.39 is 0 Å². The smallest absolute Gasteiger partial charge is 0.252 e. The zero-order chi connectivity index (χ0) is 13.8. The van der Waals surface area contributed by atoms with Gasteiger partial charge in [-0.2, -0.15) is 0 Å². The fourth-order valence-corrected chi connectivity index (χ4v) is 1.72. The first-order chi connectivity index (χ1) is 9.08. The van der Waals surface area contributed by atoms with Gasteiger partial charge >= 0.3 is 0 Å². The molecule has 6 heteroatoms. The van der Waals surface area contributed by atoms with Gasteiger partial charge < -0.3 is 9.64 Å². The molecule has 0 saturated heterocycles. The van der Waals surface area contributed by atoms with Gasteiger partial charge in [-0.25, -0.2) is 9.97 Å². The number of aromatic nitrogens is 3. The number of ether oxygens (including phenoxy) is 1. The van der Waals surface area contributed by atoms with Crippen molar-refractivity contribution < 1.29 is 4.74 Å². The maximum atomic E-state index is 11.4. The fraction of sp³-hybridized carbons (Fsp3) is 0.308. The average molecular weight is 260 g/mol. The Bertz CT molecular complexity index is 607. The van der Waals surface area contributed by atoms with Crippen molar-refractivity contribution in [3.05, 3.63) is 46.0 Å². The number of H-pyrrole nitrogens is 1. The van der Waals surface area contributed by atoms with Crippen LogP contribution in [-0.4, -0.2) is 29.1 Å². The molecule has 2 aromatic heterocycles. The zero-order valence-electron chi connectivity index (χ0n) is 11.2. The monoisotopic (exact) mass is 260 g/mol. The molecule has 0 saturated carbocycles. The molecule has 0 aliphatic rings. The van der Waals surface area contributed by atoms with E-state index in [1.54, 1.807) is 26.3 Å². The molecule has 0 unspecified atom stereocenters. The summed E-state index contributed by atoms with van der Waals surface area (Å²) in [4.78, 5) is 24.4. The molecule has 2 heterocycles. The third-order valence-electron chi connectivity index (χ3n) is 2.65. The lowest BCUT2D eigenvalue weighted by atomic mass is 10.3. The molecular formula is C13H16N4O2. The molecule has 0 fully saturated rings. The summed E-state index contributed by atoms with van der Waals surface area (Å²) >= 11 is 0. The van der Waals surface area contributed by atoms with Crippen LogP contribution in [0.2, 0.25) is 0 Å². The van der Waals surface area contributed by atoms with Gasteiger partial charge in [-0.05, 0) is 12.5 Å². The molecule has 0 aliphatic heterocycles. The van der Waals surface area contributed by atoms with E-state index in [1.807, 2.05) is 18.0 Å². The summed E-state index contributed by atoms with van der Waals surface area (Å²) in [5.41, 5.74) is 1.55. The van der Waals surface area contributed by atoms with Crippen LogP contribution in [0.15, 0.2) is 29.2 Å². The van der Waals surface area contributed by atoms with E-state index in [0.29, 0.717) is 24.1 Å². The highest BCUT2D eigenvalue weighted by Gasteiger charge is 2.06. The highest BCUT2D eigenvalue weighted by molar-refractivity contribution is 5.31. The number of nitrogens with zero attached hydrogens (tertiary/aromatic N) is 3. The van der Waals surface area contributed by atoms with Gasteiger partial charge in [-0.15, -0.1) is 0 Å². The molecule has 0 aromatic carbocycles. The summed E-state index contributed by atoms with van der Waals surface area (Å²) in [6.45, 7) is 2.39. The lowest BCUT2D eigenvalue weighted by Crippen LogP contribution is -2.22. The normalized spacial score (nSPS) is 10.3. The van der Waals surface area contributed by atoms with E-state index in [0.717, 1.165) is 5.56 Å². The minimum Gasteiger partial charge on any atom is -0.481 e. The van der Waals surface area contributed by atoms with E-state index in [2.05, 4.69) is 15.0 Å². The van der Waals surface area contributed by atoms with Crippen LogP contribution in [0, 0.1) is 6.92 Å². The number of aromatic amines is 1. The van der Waals surface area contributed by atoms with Gasteiger partial charge in [-0.3, -0.25) is 9.78 Å². The van der Waals surface area contributed by atoms with Gasteiger partial charge in [0.15, 0.2) is 0 Å². The molecule has 2 rings (SSSR count). The van der Waals surface area contributed by atoms with Crippen molar-refractivity contribution in [1.82, 2.24) is 15.0 Å². The summed E-state index contributed by atoms with van der Waals surface area (Å²) in [5, 5.41) is 0. The predicted octanol–water partition coefficient (Wildman–Crippen LogP) is 1.12. The van der Waals surface area contributed by atoms with Gasteiger partial charge in [0.1, 0.15) is 0 Å². The van der Waals surface area contributed by atoms with Crippen LogP contribution < -0.4 is 15.2 Å². The van der Waals surface area contributed by atoms with Crippen molar-refractivity contribution in [3.8, 4) is 5.88 Å². The first-order valence-electron chi connectivity index (χ1n) is 5.86. The number of hydrogen-bond donors (Lipinski definition) is 1. The maximum Gasteiger partial charge on any atom is 0.252 e. The zero-order valence-corrected chi connectivity index (χ0v) is 11.2. The average Bonchev–Trinajstić information content (AvgIpc) is 2.38. The standard InChI is InChI=1S/C13H16N4O2/c1-9-6-11(18)16-13(15-9)17(2)8-10-4-5-12(19-3)14-7-10/h4-7H,8H2,1-3H3,(H,15,16,18). The number of rotatable bonds is 4. The highest BCUT2D eigenvalue weighted by Crippen LogP contribution is 2.11. The third-order valence-corrected chi connectivity index (χ3v) is 2.65. The fourth-order valence-electron chi connectivity index (χ4n) is 1.72. The van der Waals surface area contributed by atoms with E-state index in [9.17, 15) is 4.79 Å². The quantitative estimate of drug-likeness (QED) is 0.892. The van der Waals surface area contributed by atoms with Crippen molar-refractivity contribution >= 4 is 5.95 Å². The molecule has 19 heavy (non-hydrogen) atoms. The van der Waals surface area contributed by atoms with Gasteiger partial charge in [0.2, 0.25) is 11.8 Å². The van der Waals surface area contributed by atoms with Crippen molar-refractivity contribution in [3.63, 3.8) is 0 Å². The largest absolute Gasteiger partial charge is 0.481 e. The second kappa shape index (κ2) is 5.51. The summed E-state index contributed by atoms with van der Waals surface area (Å²) in [5.74, 6) is 1.12. The van der Waals surface area contributed by atoms with E-state index >= 15 is 0 Å². The summed E-state index contributed by atoms with van der Waals surface area (Å²) in [7, 11) is 3.44. The molecule has 100 valence electrons. The van der Waals surface area contributed by atoms with Crippen LogP contribution in [0.1, 0.15) is 11.3 Å². The second-order valence-electron chi connectivity index (χ2n) is 4.28. The summed E-state index contributed by atoms with van der Waals surface area (Å²) < 4.78 is 5.01. The van der Waals surface area contributed by atoms with Gasteiger partial charge in [0.25, 0.3) is 5.56 Å². The molecular weight excluding hydrogens is 244 g/mol. The van der Waals surface area contributed by atoms with Crippen LogP contribution in [0.3, 0.4) is 0 Å². The number of aryl methyl sites for hydroxylation is 1. The Morgan fingerprint density at radius 3 is 2.79 bits per heavy atom.